The van der Waals surface area contributed by atoms with E-state index in [9.17, 15) is 19.7 Å². The average molecular weight is 477 g/mol. The first kappa shape index (κ1) is 25.4. The summed E-state index contributed by atoms with van der Waals surface area (Å²) in [5.74, 6) is -2.14. The summed E-state index contributed by atoms with van der Waals surface area (Å²) >= 11 is 0. The zero-order valence-corrected chi connectivity index (χ0v) is 20.1. The van der Waals surface area contributed by atoms with E-state index in [0.29, 0.717) is 17.0 Å². The molecule has 3 rings (SSSR count). The van der Waals surface area contributed by atoms with E-state index in [2.05, 4.69) is 5.32 Å². The molecule has 35 heavy (non-hydrogen) atoms. The van der Waals surface area contributed by atoms with E-state index in [0.717, 1.165) is 5.56 Å². The lowest BCUT2D eigenvalue weighted by Gasteiger charge is -2.30. The van der Waals surface area contributed by atoms with Crippen molar-refractivity contribution in [3.05, 3.63) is 104 Å². The molecule has 182 valence electrons. The fraction of sp³-hybridized carbons (Fsp3) is 0.259. The van der Waals surface area contributed by atoms with Gasteiger partial charge in [-0.2, -0.15) is 0 Å². The Balaban J connectivity index is 1.99. The second kappa shape index (κ2) is 11.3. The highest BCUT2D eigenvalue weighted by molar-refractivity contribution is 6.00. The molecule has 0 aliphatic carbocycles. The van der Waals surface area contributed by atoms with Gasteiger partial charge in [0.1, 0.15) is 6.10 Å². The summed E-state index contributed by atoms with van der Waals surface area (Å²) in [7, 11) is 0. The van der Waals surface area contributed by atoms with Crippen molar-refractivity contribution in [2.75, 3.05) is 6.61 Å². The maximum atomic E-state index is 13.4. The lowest BCUT2D eigenvalue weighted by molar-refractivity contribution is -0.384. The van der Waals surface area contributed by atoms with Gasteiger partial charge >= 0.3 is 11.9 Å². The summed E-state index contributed by atoms with van der Waals surface area (Å²) in [6, 6.07) is 15.5. The number of allylic oxidation sites excluding steroid dienone is 2. The van der Waals surface area contributed by atoms with Crippen molar-refractivity contribution in [2.24, 2.45) is 0 Å². The second-order valence-corrected chi connectivity index (χ2v) is 8.09. The maximum Gasteiger partial charge on any atom is 0.337 e. The van der Waals surface area contributed by atoms with Crippen LogP contribution in [-0.4, -0.2) is 29.6 Å². The molecule has 1 aliphatic heterocycles. The number of carbonyl (C=O) groups excluding carboxylic acids is 2. The van der Waals surface area contributed by atoms with Gasteiger partial charge in [-0.25, -0.2) is 9.59 Å². The number of non-ortho nitro benzene ring substituents is 1. The molecule has 1 aliphatic rings. The third-order valence-corrected chi connectivity index (χ3v) is 5.54. The Morgan fingerprint density at radius 3 is 2.34 bits per heavy atom. The Morgan fingerprint density at radius 2 is 1.71 bits per heavy atom. The Hall–Kier alpha value is -4.20. The lowest BCUT2D eigenvalue weighted by atomic mass is 9.80. The van der Waals surface area contributed by atoms with Crippen LogP contribution in [0.25, 0.3) is 6.08 Å². The molecule has 0 amide bonds. The predicted molar refractivity (Wildman–Crippen MR) is 132 cm³/mol. The van der Waals surface area contributed by atoms with Crippen LogP contribution in [0.15, 0.2) is 83.2 Å². The third-order valence-electron chi connectivity index (χ3n) is 5.54. The number of hydrogen-bond donors (Lipinski definition) is 1. The number of nitrogens with zero attached hydrogens (tertiary/aromatic N) is 1. The fourth-order valence-corrected chi connectivity index (χ4v) is 3.98. The molecule has 8 nitrogen and oxygen atoms in total. The van der Waals surface area contributed by atoms with Crippen LogP contribution < -0.4 is 5.32 Å². The molecule has 0 fully saturated rings. The largest absolute Gasteiger partial charge is 0.463 e. The van der Waals surface area contributed by atoms with Gasteiger partial charge < -0.3 is 14.8 Å². The molecule has 8 heteroatoms. The third kappa shape index (κ3) is 6.03. The van der Waals surface area contributed by atoms with Crippen LogP contribution >= 0.6 is 0 Å². The van der Waals surface area contributed by atoms with Crippen LogP contribution in [0.5, 0.6) is 0 Å². The van der Waals surface area contributed by atoms with Crippen molar-refractivity contribution in [3.8, 4) is 0 Å². The Morgan fingerprint density at radius 1 is 1.06 bits per heavy atom. The molecule has 2 unspecified atom stereocenters. The number of nitro benzene ring substituents is 1. The Bertz CT molecular complexity index is 1210. The lowest BCUT2D eigenvalue weighted by Crippen LogP contribution is -2.33. The van der Waals surface area contributed by atoms with Crippen molar-refractivity contribution >= 4 is 23.7 Å². The average Bonchev–Trinajstić information content (AvgIpc) is 2.83. The van der Waals surface area contributed by atoms with Crippen molar-refractivity contribution in [1.82, 2.24) is 5.32 Å². The normalized spacial score (nSPS) is 16.6. The first-order chi connectivity index (χ1) is 16.7. The van der Waals surface area contributed by atoms with Gasteiger partial charge in [-0.15, -0.1) is 0 Å². The number of ether oxygens (including phenoxy) is 2. The predicted octanol–water partition coefficient (Wildman–Crippen LogP) is 5.04. The monoisotopic (exact) mass is 476 g/mol. The van der Waals surface area contributed by atoms with Crippen LogP contribution in [0.4, 0.5) is 5.69 Å². The molecule has 0 saturated carbocycles. The zero-order chi connectivity index (χ0) is 25.5. The number of dihydropyridines is 1. The molecule has 2 aromatic rings. The summed E-state index contributed by atoms with van der Waals surface area (Å²) in [5.41, 5.74) is 2.63. The van der Waals surface area contributed by atoms with Crippen LogP contribution in [0, 0.1) is 10.1 Å². The molecular formula is C27H28N2O6. The first-order valence-electron chi connectivity index (χ1n) is 11.3. The number of nitro groups is 1. The molecule has 0 radical (unpaired) electrons. The van der Waals surface area contributed by atoms with Gasteiger partial charge in [-0.3, -0.25) is 10.1 Å². The minimum absolute atomic E-state index is 0.140. The summed E-state index contributed by atoms with van der Waals surface area (Å²) in [4.78, 5) is 37.2. The van der Waals surface area contributed by atoms with E-state index in [4.69, 9.17) is 9.47 Å². The number of benzene rings is 2. The van der Waals surface area contributed by atoms with Crippen molar-refractivity contribution < 1.29 is 24.0 Å². The molecule has 2 aromatic carbocycles. The molecule has 1 N–H and O–H groups in total. The van der Waals surface area contributed by atoms with Gasteiger partial charge in [-0.1, -0.05) is 48.5 Å². The number of carbonyl (C=O) groups is 2. The minimum Gasteiger partial charge on any atom is -0.463 e. The van der Waals surface area contributed by atoms with Crippen LogP contribution in [0.1, 0.15) is 44.7 Å². The van der Waals surface area contributed by atoms with E-state index in [1.807, 2.05) is 36.4 Å². The zero-order valence-electron chi connectivity index (χ0n) is 20.1. The van der Waals surface area contributed by atoms with Gasteiger partial charge in [0.25, 0.3) is 5.69 Å². The highest BCUT2D eigenvalue weighted by Crippen LogP contribution is 2.40. The maximum absolute atomic E-state index is 13.4. The molecule has 2 atom stereocenters. The smallest absolute Gasteiger partial charge is 0.337 e. The first-order valence-corrected chi connectivity index (χ1v) is 11.3. The van der Waals surface area contributed by atoms with Crippen LogP contribution in [-0.2, 0) is 19.1 Å². The highest BCUT2D eigenvalue weighted by atomic mass is 16.6. The summed E-state index contributed by atoms with van der Waals surface area (Å²) in [5, 5.41) is 14.5. The molecular weight excluding hydrogens is 448 g/mol. The van der Waals surface area contributed by atoms with Gasteiger partial charge in [-0.05, 0) is 44.9 Å². The second-order valence-electron chi connectivity index (χ2n) is 8.09. The fourth-order valence-electron chi connectivity index (χ4n) is 3.98. The van der Waals surface area contributed by atoms with Crippen molar-refractivity contribution in [1.29, 1.82) is 0 Å². The highest BCUT2D eigenvalue weighted by Gasteiger charge is 2.38. The number of esters is 2. The number of rotatable bonds is 8. The standard InChI is InChI=1S/C27H28N2O6/c1-5-34-26(30)23-18(3)28-19(4)24(25(23)21-12-9-13-22(16-21)29(32)33)27(31)35-17(2)14-15-20-10-7-6-8-11-20/h6-17,25,28H,5H2,1-4H3/b15-14+. The van der Waals surface area contributed by atoms with Gasteiger partial charge in [0.2, 0.25) is 0 Å². The SMILES string of the molecule is CCOC(=O)C1=C(C)NC(C)=C(C(=O)OC(C)/C=C/c2ccccc2)C1c1cccc([N+](=O)[O-])c1. The molecule has 0 saturated heterocycles. The number of hydrogen-bond acceptors (Lipinski definition) is 7. The van der Waals surface area contributed by atoms with Gasteiger partial charge in [0.05, 0.1) is 28.6 Å². The quantitative estimate of drug-likeness (QED) is 0.323. The van der Waals surface area contributed by atoms with Crippen molar-refractivity contribution in [3.63, 3.8) is 0 Å². The van der Waals surface area contributed by atoms with E-state index in [-0.39, 0.29) is 23.4 Å². The van der Waals surface area contributed by atoms with E-state index in [1.54, 1.807) is 39.8 Å². The summed E-state index contributed by atoms with van der Waals surface area (Å²) in [6.45, 7) is 6.97. The van der Waals surface area contributed by atoms with E-state index in [1.165, 1.54) is 18.2 Å². The Labute approximate surface area is 204 Å². The minimum atomic E-state index is -0.895. The number of nitrogens with one attached hydrogen (secondary N) is 1. The van der Waals surface area contributed by atoms with Crippen LogP contribution in [0.3, 0.4) is 0 Å². The van der Waals surface area contributed by atoms with Gasteiger partial charge in [0, 0.05) is 23.5 Å². The summed E-state index contributed by atoms with van der Waals surface area (Å²) < 4.78 is 11.0. The molecule has 1 heterocycles. The van der Waals surface area contributed by atoms with Gasteiger partial charge in [0.15, 0.2) is 0 Å². The van der Waals surface area contributed by atoms with E-state index >= 15 is 0 Å². The Kier molecular flexibility index (Phi) is 8.20. The molecule has 0 bridgehead atoms. The van der Waals surface area contributed by atoms with Crippen molar-refractivity contribution in [2.45, 2.75) is 39.7 Å². The van der Waals surface area contributed by atoms with Crippen LogP contribution in [0.2, 0.25) is 0 Å². The molecule has 0 aromatic heterocycles. The summed E-state index contributed by atoms with van der Waals surface area (Å²) in [6.07, 6.45) is 3.05. The molecule has 0 spiro atoms. The topological polar surface area (TPSA) is 108 Å². The van der Waals surface area contributed by atoms with E-state index < -0.39 is 28.9 Å².